The first-order valence-corrected chi connectivity index (χ1v) is 11.0. The monoisotopic (exact) mass is 419 g/mol. The summed E-state index contributed by atoms with van der Waals surface area (Å²) in [5, 5.41) is 5.71. The van der Waals surface area contributed by atoms with Gasteiger partial charge in [0.25, 0.3) is 5.91 Å². The van der Waals surface area contributed by atoms with E-state index in [-0.39, 0.29) is 24.1 Å². The summed E-state index contributed by atoms with van der Waals surface area (Å²) in [4.78, 5) is 40.3. The molecule has 0 aromatic carbocycles. The van der Waals surface area contributed by atoms with E-state index in [1.54, 1.807) is 32.9 Å². The van der Waals surface area contributed by atoms with Gasteiger partial charge < -0.3 is 24.7 Å². The summed E-state index contributed by atoms with van der Waals surface area (Å²) >= 11 is 0. The highest BCUT2D eigenvalue weighted by molar-refractivity contribution is 6.35. The molecular formula is C22H33N3O5. The fourth-order valence-electron chi connectivity index (χ4n) is 4.19. The van der Waals surface area contributed by atoms with E-state index in [1.165, 1.54) is 4.90 Å². The highest BCUT2D eigenvalue weighted by Gasteiger charge is 2.39. The highest BCUT2D eigenvalue weighted by Crippen LogP contribution is 2.26. The molecule has 0 spiro atoms. The molecule has 2 aliphatic rings. The molecule has 0 radical (unpaired) electrons. The molecule has 8 nitrogen and oxygen atoms in total. The lowest BCUT2D eigenvalue weighted by atomic mass is 10.1. The van der Waals surface area contributed by atoms with Crippen molar-refractivity contribution in [3.63, 3.8) is 0 Å². The van der Waals surface area contributed by atoms with Gasteiger partial charge in [0.15, 0.2) is 6.04 Å². The maximum Gasteiger partial charge on any atom is 0.313 e. The SMILES string of the molecule is Cc1ccc([C@H](C(=O)NC[C@H]2CCCO2)N(C(=O)C(=O)NC2CCCC2)C(C)C)o1. The Kier molecular flexibility index (Phi) is 7.53. The average Bonchev–Trinajstić information content (AvgIpc) is 3.46. The van der Waals surface area contributed by atoms with Gasteiger partial charge in [0, 0.05) is 25.2 Å². The van der Waals surface area contributed by atoms with E-state index in [1.807, 2.05) is 0 Å². The zero-order chi connectivity index (χ0) is 21.7. The minimum Gasteiger partial charge on any atom is -0.464 e. The number of hydrogen-bond acceptors (Lipinski definition) is 5. The van der Waals surface area contributed by atoms with E-state index >= 15 is 0 Å². The van der Waals surface area contributed by atoms with E-state index in [2.05, 4.69) is 10.6 Å². The van der Waals surface area contributed by atoms with Crippen molar-refractivity contribution in [3.8, 4) is 0 Å². The largest absolute Gasteiger partial charge is 0.464 e. The summed E-state index contributed by atoms with van der Waals surface area (Å²) in [5.41, 5.74) is 0. The zero-order valence-corrected chi connectivity index (χ0v) is 18.1. The van der Waals surface area contributed by atoms with Crippen LogP contribution in [0.25, 0.3) is 0 Å². The number of carbonyl (C=O) groups is 3. The normalized spacial score (nSPS) is 20.3. The molecule has 2 fully saturated rings. The Morgan fingerprint density at radius 3 is 2.43 bits per heavy atom. The van der Waals surface area contributed by atoms with Crippen molar-refractivity contribution in [3.05, 3.63) is 23.7 Å². The maximum atomic E-state index is 13.2. The first-order valence-electron chi connectivity index (χ1n) is 11.0. The maximum absolute atomic E-state index is 13.2. The van der Waals surface area contributed by atoms with Crippen LogP contribution in [0.3, 0.4) is 0 Å². The Morgan fingerprint density at radius 1 is 1.13 bits per heavy atom. The summed E-state index contributed by atoms with van der Waals surface area (Å²) in [6.07, 6.45) is 5.69. The molecule has 30 heavy (non-hydrogen) atoms. The second-order valence-electron chi connectivity index (χ2n) is 8.49. The van der Waals surface area contributed by atoms with Crippen molar-refractivity contribution in [1.29, 1.82) is 0 Å². The van der Waals surface area contributed by atoms with E-state index < -0.39 is 17.9 Å². The van der Waals surface area contributed by atoms with Gasteiger partial charge >= 0.3 is 11.8 Å². The molecule has 1 aliphatic heterocycles. The predicted octanol–water partition coefficient (Wildman–Crippen LogP) is 2.22. The first-order chi connectivity index (χ1) is 14.4. The Hall–Kier alpha value is -2.35. The van der Waals surface area contributed by atoms with Crippen LogP contribution in [-0.4, -0.2) is 54.0 Å². The van der Waals surface area contributed by atoms with E-state index in [0.29, 0.717) is 24.7 Å². The van der Waals surface area contributed by atoms with Crippen LogP contribution in [-0.2, 0) is 19.1 Å². The van der Waals surface area contributed by atoms with Crippen molar-refractivity contribution in [2.45, 2.75) is 83.5 Å². The molecule has 1 aromatic rings. The third-order valence-electron chi connectivity index (χ3n) is 5.76. The molecule has 166 valence electrons. The Labute approximate surface area is 177 Å². The summed E-state index contributed by atoms with van der Waals surface area (Å²) in [7, 11) is 0. The van der Waals surface area contributed by atoms with Gasteiger partial charge in [0.2, 0.25) is 0 Å². The van der Waals surface area contributed by atoms with Gasteiger partial charge in [-0.3, -0.25) is 14.4 Å². The quantitative estimate of drug-likeness (QED) is 0.660. The third kappa shape index (κ3) is 5.41. The number of furan rings is 1. The van der Waals surface area contributed by atoms with Gasteiger partial charge in [-0.25, -0.2) is 0 Å². The molecule has 2 atom stereocenters. The van der Waals surface area contributed by atoms with E-state index in [9.17, 15) is 14.4 Å². The fourth-order valence-corrected chi connectivity index (χ4v) is 4.19. The van der Waals surface area contributed by atoms with Crippen LogP contribution in [0.4, 0.5) is 0 Å². The second-order valence-corrected chi connectivity index (χ2v) is 8.49. The molecule has 2 heterocycles. The van der Waals surface area contributed by atoms with Crippen molar-refractivity contribution < 1.29 is 23.5 Å². The van der Waals surface area contributed by atoms with Crippen LogP contribution in [0.2, 0.25) is 0 Å². The molecule has 8 heteroatoms. The van der Waals surface area contributed by atoms with E-state index in [4.69, 9.17) is 9.15 Å². The zero-order valence-electron chi connectivity index (χ0n) is 18.1. The molecule has 1 aromatic heterocycles. The van der Waals surface area contributed by atoms with Crippen molar-refractivity contribution in [2.75, 3.05) is 13.2 Å². The molecule has 3 amide bonds. The van der Waals surface area contributed by atoms with Crippen LogP contribution in [0.5, 0.6) is 0 Å². The molecular weight excluding hydrogens is 386 g/mol. The number of aryl methyl sites for hydroxylation is 1. The summed E-state index contributed by atoms with van der Waals surface area (Å²) in [6, 6.07) is 2.05. The predicted molar refractivity (Wildman–Crippen MR) is 111 cm³/mol. The Morgan fingerprint density at radius 2 is 1.87 bits per heavy atom. The Balaban J connectivity index is 1.79. The van der Waals surface area contributed by atoms with Gasteiger partial charge in [-0.05, 0) is 58.6 Å². The molecule has 3 rings (SSSR count). The topological polar surface area (TPSA) is 101 Å². The second kappa shape index (κ2) is 10.1. The minimum absolute atomic E-state index is 0.0214. The van der Waals surface area contributed by atoms with E-state index in [0.717, 1.165) is 38.5 Å². The van der Waals surface area contributed by atoms with Crippen molar-refractivity contribution in [2.24, 2.45) is 0 Å². The lowest BCUT2D eigenvalue weighted by Crippen LogP contribution is -2.53. The number of amides is 3. The minimum atomic E-state index is -1.03. The molecule has 1 saturated carbocycles. The third-order valence-corrected chi connectivity index (χ3v) is 5.76. The number of hydrogen-bond donors (Lipinski definition) is 2. The van der Waals surface area contributed by atoms with Gasteiger partial charge in [-0.15, -0.1) is 0 Å². The Bertz CT molecular complexity index is 748. The molecule has 0 bridgehead atoms. The average molecular weight is 420 g/mol. The van der Waals surface area contributed by atoms with Crippen molar-refractivity contribution >= 4 is 17.7 Å². The lowest BCUT2D eigenvalue weighted by molar-refractivity contribution is -0.152. The fraction of sp³-hybridized carbons (Fsp3) is 0.682. The molecule has 1 saturated heterocycles. The summed E-state index contributed by atoms with van der Waals surface area (Å²) in [5.74, 6) is -0.795. The molecule has 2 N–H and O–H groups in total. The first kappa shape index (κ1) is 22.3. The number of carbonyl (C=O) groups excluding carboxylic acids is 3. The molecule has 1 aliphatic carbocycles. The summed E-state index contributed by atoms with van der Waals surface area (Å²) < 4.78 is 11.3. The van der Waals surface area contributed by atoms with Gasteiger partial charge in [-0.1, -0.05) is 12.8 Å². The standard InChI is InChI=1S/C22H33N3O5/c1-14(2)25(22(28)21(27)24-16-7-4-5-8-16)19(18-11-10-15(3)30-18)20(26)23-13-17-9-6-12-29-17/h10-11,14,16-17,19H,4-9,12-13H2,1-3H3,(H,23,26)(H,24,27)/t17-,19-/m1/s1. The highest BCUT2D eigenvalue weighted by atomic mass is 16.5. The van der Waals surface area contributed by atoms with Crippen LogP contribution < -0.4 is 10.6 Å². The van der Waals surface area contributed by atoms with Crippen LogP contribution >= 0.6 is 0 Å². The van der Waals surface area contributed by atoms with Crippen LogP contribution in [0.15, 0.2) is 16.5 Å². The van der Waals surface area contributed by atoms with Gasteiger partial charge in [0.05, 0.1) is 6.10 Å². The lowest BCUT2D eigenvalue weighted by Gasteiger charge is -2.33. The smallest absolute Gasteiger partial charge is 0.313 e. The summed E-state index contributed by atoms with van der Waals surface area (Å²) in [6.45, 7) is 6.41. The molecule has 0 unspecified atom stereocenters. The number of rotatable bonds is 7. The van der Waals surface area contributed by atoms with Gasteiger partial charge in [0.1, 0.15) is 11.5 Å². The number of ether oxygens (including phenoxy) is 1. The van der Waals surface area contributed by atoms with Crippen LogP contribution in [0, 0.1) is 6.92 Å². The van der Waals surface area contributed by atoms with Crippen LogP contribution in [0.1, 0.15) is 69.9 Å². The van der Waals surface area contributed by atoms with Crippen molar-refractivity contribution in [1.82, 2.24) is 15.5 Å². The number of nitrogens with zero attached hydrogens (tertiary/aromatic N) is 1. The number of nitrogens with one attached hydrogen (secondary N) is 2. The van der Waals surface area contributed by atoms with Gasteiger partial charge in [-0.2, -0.15) is 0 Å².